The molecule has 0 bridgehead atoms. The predicted octanol–water partition coefficient (Wildman–Crippen LogP) is 3.56. The lowest BCUT2D eigenvalue weighted by atomic mass is 9.94. The van der Waals surface area contributed by atoms with Gasteiger partial charge in [-0.25, -0.2) is 0 Å². The van der Waals surface area contributed by atoms with E-state index in [1.165, 1.54) is 24.3 Å². The molecule has 1 aliphatic rings. The van der Waals surface area contributed by atoms with E-state index in [9.17, 15) is 5.11 Å². The lowest BCUT2D eigenvalue weighted by Gasteiger charge is -2.32. The Morgan fingerprint density at radius 3 is 2.93 bits per heavy atom. The molecule has 2 atom stereocenters. The smallest absolute Gasteiger partial charge is 0.191 e. The van der Waals surface area contributed by atoms with E-state index in [1.807, 2.05) is 11.3 Å². The molecule has 1 aliphatic heterocycles. The standard InChI is InChI=1S/C22H40N4OS/c1-4-23-22(24-14-19(9-11-27)13-18(2)3)25-15-20-7-5-10-26(16-20)17-21-8-6-12-28-21/h6,8,12,18-20,27H,4-5,7,9-11,13-17H2,1-3H3,(H2,23,24,25). The first-order chi connectivity index (χ1) is 13.6. The molecule has 3 N–H and O–H groups in total. The third kappa shape index (κ3) is 8.93. The molecule has 5 nitrogen and oxygen atoms in total. The van der Waals surface area contributed by atoms with Gasteiger partial charge in [-0.2, -0.15) is 0 Å². The van der Waals surface area contributed by atoms with E-state index >= 15 is 0 Å². The van der Waals surface area contributed by atoms with Crippen molar-refractivity contribution in [1.82, 2.24) is 15.5 Å². The van der Waals surface area contributed by atoms with Crippen LogP contribution in [0.4, 0.5) is 0 Å². The largest absolute Gasteiger partial charge is 0.396 e. The Bertz CT molecular complexity index is 547. The van der Waals surface area contributed by atoms with Crippen LogP contribution >= 0.6 is 11.3 Å². The van der Waals surface area contributed by atoms with Gasteiger partial charge >= 0.3 is 0 Å². The zero-order chi connectivity index (χ0) is 20.2. The van der Waals surface area contributed by atoms with Gasteiger partial charge in [0, 0.05) is 44.2 Å². The highest BCUT2D eigenvalue weighted by molar-refractivity contribution is 7.09. The maximum absolute atomic E-state index is 9.32. The molecule has 6 heteroatoms. The minimum Gasteiger partial charge on any atom is -0.396 e. The number of hydrogen-bond acceptors (Lipinski definition) is 4. The molecule has 0 saturated carbocycles. The van der Waals surface area contributed by atoms with Crippen LogP contribution in [0.3, 0.4) is 0 Å². The van der Waals surface area contributed by atoms with Gasteiger partial charge in [0.05, 0.1) is 0 Å². The number of aliphatic imine (C=N–C) groups is 1. The van der Waals surface area contributed by atoms with Crippen LogP contribution in [0.25, 0.3) is 0 Å². The lowest BCUT2D eigenvalue weighted by Crippen LogP contribution is -2.44. The maximum Gasteiger partial charge on any atom is 0.191 e. The van der Waals surface area contributed by atoms with Gasteiger partial charge in [-0.1, -0.05) is 19.9 Å². The molecule has 0 aliphatic carbocycles. The Morgan fingerprint density at radius 2 is 2.25 bits per heavy atom. The average Bonchev–Trinajstić information content (AvgIpc) is 3.17. The Morgan fingerprint density at radius 1 is 1.39 bits per heavy atom. The van der Waals surface area contributed by atoms with Crippen LogP contribution in [0.15, 0.2) is 22.5 Å². The summed E-state index contributed by atoms with van der Waals surface area (Å²) in [7, 11) is 0. The van der Waals surface area contributed by atoms with E-state index in [-0.39, 0.29) is 6.61 Å². The second kappa shape index (κ2) is 13.2. The monoisotopic (exact) mass is 408 g/mol. The zero-order valence-electron chi connectivity index (χ0n) is 18.0. The van der Waals surface area contributed by atoms with Crippen molar-refractivity contribution in [3.8, 4) is 0 Å². The molecule has 1 aromatic heterocycles. The van der Waals surface area contributed by atoms with Crippen LogP contribution < -0.4 is 10.6 Å². The summed E-state index contributed by atoms with van der Waals surface area (Å²) in [5.41, 5.74) is 0. The SMILES string of the molecule is CCNC(=NCC(CCO)CC(C)C)NCC1CCCN(Cc2cccs2)C1. The summed E-state index contributed by atoms with van der Waals surface area (Å²) in [4.78, 5) is 8.87. The number of aliphatic hydroxyl groups excluding tert-OH is 1. The molecule has 0 aromatic carbocycles. The molecule has 2 heterocycles. The molecule has 0 amide bonds. The van der Waals surface area contributed by atoms with Crippen LogP contribution in [-0.4, -0.2) is 55.3 Å². The number of likely N-dealkylation sites (tertiary alicyclic amines) is 1. The van der Waals surface area contributed by atoms with E-state index in [1.54, 1.807) is 0 Å². The summed E-state index contributed by atoms with van der Waals surface area (Å²) in [6.07, 6.45) is 4.51. The fraction of sp³-hybridized carbons (Fsp3) is 0.773. The molecule has 2 unspecified atom stereocenters. The summed E-state index contributed by atoms with van der Waals surface area (Å²) in [6.45, 7) is 12.9. The van der Waals surface area contributed by atoms with Crippen molar-refractivity contribution in [3.63, 3.8) is 0 Å². The van der Waals surface area contributed by atoms with Crippen molar-refractivity contribution in [2.75, 3.05) is 39.3 Å². The van der Waals surface area contributed by atoms with Gasteiger partial charge in [0.1, 0.15) is 0 Å². The Labute approximate surface area is 175 Å². The van der Waals surface area contributed by atoms with Gasteiger partial charge in [-0.05, 0) is 68.4 Å². The zero-order valence-corrected chi connectivity index (χ0v) is 18.8. The van der Waals surface area contributed by atoms with E-state index in [0.29, 0.717) is 17.8 Å². The van der Waals surface area contributed by atoms with Gasteiger partial charge < -0.3 is 15.7 Å². The van der Waals surface area contributed by atoms with Crippen molar-refractivity contribution in [1.29, 1.82) is 0 Å². The van der Waals surface area contributed by atoms with E-state index < -0.39 is 0 Å². The van der Waals surface area contributed by atoms with Gasteiger partial charge in [0.25, 0.3) is 0 Å². The number of hydrogen-bond donors (Lipinski definition) is 3. The second-order valence-corrected chi connectivity index (χ2v) is 9.46. The first-order valence-corrected chi connectivity index (χ1v) is 11.9. The fourth-order valence-electron chi connectivity index (χ4n) is 4.02. The normalized spacial score (nSPS) is 19.8. The van der Waals surface area contributed by atoms with Crippen molar-refractivity contribution >= 4 is 17.3 Å². The molecule has 1 fully saturated rings. The van der Waals surface area contributed by atoms with Crippen molar-refractivity contribution in [3.05, 3.63) is 22.4 Å². The topological polar surface area (TPSA) is 59.9 Å². The van der Waals surface area contributed by atoms with Crippen LogP contribution in [0.2, 0.25) is 0 Å². The minimum absolute atomic E-state index is 0.249. The van der Waals surface area contributed by atoms with Gasteiger partial charge in [0.15, 0.2) is 5.96 Å². The number of nitrogens with zero attached hydrogens (tertiary/aromatic N) is 2. The van der Waals surface area contributed by atoms with Crippen molar-refractivity contribution in [2.45, 2.75) is 53.0 Å². The third-order valence-electron chi connectivity index (χ3n) is 5.31. The lowest BCUT2D eigenvalue weighted by molar-refractivity contribution is 0.169. The number of thiophene rings is 1. The molecule has 1 aromatic rings. The van der Waals surface area contributed by atoms with E-state index in [2.05, 4.69) is 53.8 Å². The quantitative estimate of drug-likeness (QED) is 0.387. The van der Waals surface area contributed by atoms with Crippen molar-refractivity contribution < 1.29 is 5.11 Å². The van der Waals surface area contributed by atoms with E-state index in [4.69, 9.17) is 4.99 Å². The average molecular weight is 409 g/mol. The van der Waals surface area contributed by atoms with Crippen LogP contribution in [0.5, 0.6) is 0 Å². The fourth-order valence-corrected chi connectivity index (χ4v) is 4.77. The highest BCUT2D eigenvalue weighted by atomic mass is 32.1. The number of aliphatic hydroxyl groups is 1. The number of rotatable bonds is 11. The number of nitrogens with one attached hydrogen (secondary N) is 2. The van der Waals surface area contributed by atoms with Crippen LogP contribution in [-0.2, 0) is 6.54 Å². The van der Waals surface area contributed by atoms with Crippen LogP contribution in [0, 0.1) is 17.8 Å². The van der Waals surface area contributed by atoms with Gasteiger partial charge in [-0.15, -0.1) is 11.3 Å². The number of guanidine groups is 1. The summed E-state index contributed by atoms with van der Waals surface area (Å²) in [5, 5.41) is 18.5. The Balaban J connectivity index is 1.81. The summed E-state index contributed by atoms with van der Waals surface area (Å²) in [5.74, 6) is 2.68. The summed E-state index contributed by atoms with van der Waals surface area (Å²) >= 11 is 1.86. The maximum atomic E-state index is 9.32. The molecule has 160 valence electrons. The Kier molecular flexibility index (Phi) is 10.9. The summed E-state index contributed by atoms with van der Waals surface area (Å²) in [6, 6.07) is 4.38. The molecule has 2 rings (SSSR count). The summed E-state index contributed by atoms with van der Waals surface area (Å²) < 4.78 is 0. The third-order valence-corrected chi connectivity index (χ3v) is 6.18. The molecule has 1 saturated heterocycles. The number of piperidine rings is 1. The highest BCUT2D eigenvalue weighted by Gasteiger charge is 2.20. The first kappa shape index (κ1) is 23.2. The van der Waals surface area contributed by atoms with E-state index in [0.717, 1.165) is 51.5 Å². The minimum atomic E-state index is 0.249. The molecule has 0 radical (unpaired) electrons. The highest BCUT2D eigenvalue weighted by Crippen LogP contribution is 2.20. The molecular formula is C22H40N4OS. The Hall–Kier alpha value is -1.11. The first-order valence-electron chi connectivity index (χ1n) is 11.0. The molecule has 28 heavy (non-hydrogen) atoms. The van der Waals surface area contributed by atoms with Gasteiger partial charge in [-0.3, -0.25) is 9.89 Å². The van der Waals surface area contributed by atoms with Gasteiger partial charge in [0.2, 0.25) is 0 Å². The predicted molar refractivity (Wildman–Crippen MR) is 121 cm³/mol. The van der Waals surface area contributed by atoms with Crippen molar-refractivity contribution in [2.24, 2.45) is 22.7 Å². The molecular weight excluding hydrogens is 368 g/mol. The molecule has 0 spiro atoms. The second-order valence-electron chi connectivity index (χ2n) is 8.43. The van der Waals surface area contributed by atoms with Crippen LogP contribution in [0.1, 0.15) is 51.3 Å².